The summed E-state index contributed by atoms with van der Waals surface area (Å²) in [6, 6.07) is 10.9. The molecule has 0 saturated carbocycles. The molecule has 0 bridgehead atoms. The highest BCUT2D eigenvalue weighted by Gasteiger charge is 2.22. The van der Waals surface area contributed by atoms with Crippen LogP contribution in [0.1, 0.15) is 19.4 Å². The summed E-state index contributed by atoms with van der Waals surface area (Å²) in [4.78, 5) is 2.44. The molecule has 1 aromatic rings. The summed E-state index contributed by atoms with van der Waals surface area (Å²) in [5.74, 6) is 0. The zero-order chi connectivity index (χ0) is 12.8. The van der Waals surface area contributed by atoms with Crippen LogP contribution >= 0.6 is 0 Å². The highest BCUT2D eigenvalue weighted by Crippen LogP contribution is 2.10. The van der Waals surface area contributed by atoms with E-state index in [2.05, 4.69) is 30.9 Å². The Morgan fingerprint density at radius 3 is 2.83 bits per heavy atom. The van der Waals surface area contributed by atoms with Gasteiger partial charge in [0.15, 0.2) is 0 Å². The smallest absolute Gasteiger partial charge is 0.0935 e. The molecule has 1 fully saturated rings. The molecule has 1 heterocycles. The summed E-state index contributed by atoms with van der Waals surface area (Å²) in [6.07, 6.45) is 0.213. The van der Waals surface area contributed by atoms with E-state index in [1.807, 2.05) is 18.2 Å². The largest absolute Gasteiger partial charge is 0.374 e. The van der Waals surface area contributed by atoms with Crippen LogP contribution in [0.2, 0.25) is 0 Å². The second kappa shape index (κ2) is 6.88. The van der Waals surface area contributed by atoms with Gasteiger partial charge in [-0.25, -0.2) is 0 Å². The van der Waals surface area contributed by atoms with Crippen molar-refractivity contribution in [3.63, 3.8) is 0 Å². The third-order valence-corrected chi connectivity index (χ3v) is 3.32. The van der Waals surface area contributed by atoms with E-state index >= 15 is 0 Å². The molecule has 1 unspecified atom stereocenters. The Morgan fingerprint density at radius 2 is 2.11 bits per heavy atom. The van der Waals surface area contributed by atoms with Crippen LogP contribution in [-0.4, -0.2) is 43.3 Å². The van der Waals surface area contributed by atoms with E-state index in [1.165, 1.54) is 5.56 Å². The fourth-order valence-electron chi connectivity index (χ4n) is 2.19. The summed E-state index contributed by atoms with van der Waals surface area (Å²) in [6.45, 7) is 8.64. The van der Waals surface area contributed by atoms with E-state index in [0.717, 1.165) is 19.7 Å². The average Bonchev–Trinajstić information content (AvgIpc) is 2.40. The highest BCUT2D eigenvalue weighted by molar-refractivity contribution is 5.13. The summed E-state index contributed by atoms with van der Waals surface area (Å²) < 4.78 is 11.5. The fraction of sp³-hybridized carbons (Fsp3) is 0.600. The number of hydrogen-bond donors (Lipinski definition) is 0. The standard InChI is InChI=1S/C15H23NO2/c1-13(2)16-8-9-18-15(10-16)12-17-11-14-6-4-3-5-7-14/h3-7,13,15H,8-12H2,1-2H3. The van der Waals surface area contributed by atoms with Crippen molar-refractivity contribution in [1.29, 1.82) is 0 Å². The van der Waals surface area contributed by atoms with E-state index in [1.54, 1.807) is 0 Å². The minimum Gasteiger partial charge on any atom is -0.374 e. The van der Waals surface area contributed by atoms with E-state index < -0.39 is 0 Å². The molecule has 1 aliphatic heterocycles. The van der Waals surface area contributed by atoms with E-state index in [-0.39, 0.29) is 6.10 Å². The summed E-state index contributed by atoms with van der Waals surface area (Å²) >= 11 is 0. The predicted octanol–water partition coefficient (Wildman–Crippen LogP) is 2.31. The topological polar surface area (TPSA) is 21.7 Å². The maximum atomic E-state index is 5.74. The number of hydrogen-bond acceptors (Lipinski definition) is 3. The molecule has 0 radical (unpaired) electrons. The van der Waals surface area contributed by atoms with Crippen LogP contribution in [0.25, 0.3) is 0 Å². The normalized spacial score (nSPS) is 21.4. The van der Waals surface area contributed by atoms with Crippen molar-refractivity contribution in [3.05, 3.63) is 35.9 Å². The molecule has 0 aromatic heterocycles. The van der Waals surface area contributed by atoms with E-state index in [9.17, 15) is 0 Å². The van der Waals surface area contributed by atoms with Gasteiger partial charge in [-0.15, -0.1) is 0 Å². The number of benzene rings is 1. The Labute approximate surface area is 110 Å². The third-order valence-electron chi connectivity index (χ3n) is 3.32. The Hall–Kier alpha value is -0.900. The Bertz CT molecular complexity index is 340. The van der Waals surface area contributed by atoms with Crippen molar-refractivity contribution in [2.75, 3.05) is 26.3 Å². The lowest BCUT2D eigenvalue weighted by Gasteiger charge is -2.35. The summed E-state index contributed by atoms with van der Waals surface area (Å²) in [7, 11) is 0. The van der Waals surface area contributed by atoms with Gasteiger partial charge in [0.2, 0.25) is 0 Å². The van der Waals surface area contributed by atoms with Crippen molar-refractivity contribution in [2.24, 2.45) is 0 Å². The Balaban J connectivity index is 1.70. The van der Waals surface area contributed by atoms with Gasteiger partial charge < -0.3 is 9.47 Å². The van der Waals surface area contributed by atoms with Gasteiger partial charge in [-0.3, -0.25) is 4.90 Å². The van der Waals surface area contributed by atoms with Gasteiger partial charge in [0, 0.05) is 19.1 Å². The molecule has 0 aliphatic carbocycles. The lowest BCUT2D eigenvalue weighted by Crippen LogP contribution is -2.47. The first-order valence-electron chi connectivity index (χ1n) is 6.73. The van der Waals surface area contributed by atoms with Crippen LogP contribution in [0.5, 0.6) is 0 Å². The van der Waals surface area contributed by atoms with Gasteiger partial charge in [-0.05, 0) is 19.4 Å². The van der Waals surface area contributed by atoms with Gasteiger partial charge >= 0.3 is 0 Å². The Kier molecular flexibility index (Phi) is 5.17. The van der Waals surface area contributed by atoms with Crippen molar-refractivity contribution in [3.8, 4) is 0 Å². The number of ether oxygens (including phenoxy) is 2. The van der Waals surface area contributed by atoms with Crippen LogP contribution in [0.15, 0.2) is 30.3 Å². The van der Waals surface area contributed by atoms with Crippen LogP contribution in [-0.2, 0) is 16.1 Å². The molecule has 2 rings (SSSR count). The first-order chi connectivity index (χ1) is 8.75. The predicted molar refractivity (Wildman–Crippen MR) is 72.5 cm³/mol. The summed E-state index contributed by atoms with van der Waals surface area (Å²) in [5, 5.41) is 0. The van der Waals surface area contributed by atoms with Crippen LogP contribution < -0.4 is 0 Å². The molecule has 0 spiro atoms. The van der Waals surface area contributed by atoms with Gasteiger partial charge in [0.1, 0.15) is 0 Å². The van der Waals surface area contributed by atoms with Crippen molar-refractivity contribution < 1.29 is 9.47 Å². The van der Waals surface area contributed by atoms with Gasteiger partial charge in [0.25, 0.3) is 0 Å². The van der Waals surface area contributed by atoms with Gasteiger partial charge in [-0.1, -0.05) is 30.3 Å². The minimum atomic E-state index is 0.213. The SMILES string of the molecule is CC(C)N1CCOC(COCc2ccccc2)C1. The van der Waals surface area contributed by atoms with Crippen molar-refractivity contribution in [2.45, 2.75) is 32.6 Å². The minimum absolute atomic E-state index is 0.213. The van der Waals surface area contributed by atoms with Crippen molar-refractivity contribution >= 4 is 0 Å². The van der Waals surface area contributed by atoms with Crippen molar-refractivity contribution in [1.82, 2.24) is 4.90 Å². The molecular formula is C15H23NO2. The fourth-order valence-corrected chi connectivity index (χ4v) is 2.19. The molecule has 3 nitrogen and oxygen atoms in total. The van der Waals surface area contributed by atoms with Crippen LogP contribution in [0.3, 0.4) is 0 Å². The average molecular weight is 249 g/mol. The maximum absolute atomic E-state index is 5.74. The van der Waals surface area contributed by atoms with E-state index in [0.29, 0.717) is 19.3 Å². The van der Waals surface area contributed by atoms with Gasteiger partial charge in [-0.2, -0.15) is 0 Å². The number of morpholine rings is 1. The highest BCUT2D eigenvalue weighted by atomic mass is 16.5. The molecule has 0 amide bonds. The molecule has 1 aromatic carbocycles. The van der Waals surface area contributed by atoms with Gasteiger partial charge in [0.05, 0.1) is 25.9 Å². The Morgan fingerprint density at radius 1 is 1.33 bits per heavy atom. The lowest BCUT2D eigenvalue weighted by molar-refractivity contribution is -0.0787. The first kappa shape index (κ1) is 13.5. The quantitative estimate of drug-likeness (QED) is 0.799. The molecular weight excluding hydrogens is 226 g/mol. The second-order valence-corrected chi connectivity index (χ2v) is 5.08. The zero-order valence-corrected chi connectivity index (χ0v) is 11.3. The third kappa shape index (κ3) is 4.09. The lowest BCUT2D eigenvalue weighted by atomic mass is 10.2. The number of rotatable bonds is 5. The zero-order valence-electron chi connectivity index (χ0n) is 11.3. The van der Waals surface area contributed by atoms with Crippen LogP contribution in [0, 0.1) is 0 Å². The molecule has 18 heavy (non-hydrogen) atoms. The molecule has 1 aliphatic rings. The molecule has 3 heteroatoms. The first-order valence-corrected chi connectivity index (χ1v) is 6.73. The summed E-state index contributed by atoms with van der Waals surface area (Å²) in [5.41, 5.74) is 1.22. The molecule has 0 N–H and O–H groups in total. The number of nitrogens with zero attached hydrogens (tertiary/aromatic N) is 1. The molecule has 100 valence electrons. The van der Waals surface area contributed by atoms with Crippen LogP contribution in [0.4, 0.5) is 0 Å². The van der Waals surface area contributed by atoms with E-state index in [4.69, 9.17) is 9.47 Å². The maximum Gasteiger partial charge on any atom is 0.0935 e. The second-order valence-electron chi connectivity index (χ2n) is 5.08. The monoisotopic (exact) mass is 249 g/mol. The molecule has 1 saturated heterocycles. The molecule has 1 atom stereocenters.